The van der Waals surface area contributed by atoms with Crippen LogP contribution >= 0.6 is 0 Å². The Hall–Kier alpha value is -1.84. The molecule has 0 radical (unpaired) electrons. The third-order valence-electron chi connectivity index (χ3n) is 3.55. The first-order chi connectivity index (χ1) is 10.7. The second kappa shape index (κ2) is 6.58. The molecule has 0 aliphatic heterocycles. The van der Waals surface area contributed by atoms with Gasteiger partial charge in [-0.15, -0.1) is 0 Å². The standard InChI is InChI=1S/C14H14F7NO2/c1-8(10(23)9-6-4-3-5-7-9)22(2)11(24)12(15,16)13(17,18)14(19,20)21/h3-8,10,23H,1-2H3. The van der Waals surface area contributed by atoms with Gasteiger partial charge < -0.3 is 10.0 Å². The Bertz CT molecular complexity index is 574. The zero-order valence-electron chi connectivity index (χ0n) is 12.5. The van der Waals surface area contributed by atoms with E-state index < -0.39 is 36.1 Å². The lowest BCUT2D eigenvalue weighted by atomic mass is 10.0. The third-order valence-corrected chi connectivity index (χ3v) is 3.55. The van der Waals surface area contributed by atoms with Crippen LogP contribution < -0.4 is 0 Å². The molecule has 3 nitrogen and oxygen atoms in total. The maximum Gasteiger partial charge on any atom is 0.460 e. The molecule has 2 unspecified atom stereocenters. The first kappa shape index (κ1) is 20.2. The van der Waals surface area contributed by atoms with Crippen LogP contribution in [0.25, 0.3) is 0 Å². The fourth-order valence-corrected chi connectivity index (χ4v) is 1.86. The molecule has 136 valence electrons. The molecule has 1 rings (SSSR count). The van der Waals surface area contributed by atoms with Gasteiger partial charge in [0.15, 0.2) is 0 Å². The number of aliphatic hydroxyl groups excluding tert-OH is 1. The predicted molar refractivity (Wildman–Crippen MR) is 69.6 cm³/mol. The fourth-order valence-electron chi connectivity index (χ4n) is 1.86. The number of hydrogen-bond donors (Lipinski definition) is 1. The van der Waals surface area contributed by atoms with Gasteiger partial charge in [0.05, 0.1) is 12.1 Å². The second-order valence-corrected chi connectivity index (χ2v) is 5.16. The Balaban J connectivity index is 3.05. The van der Waals surface area contributed by atoms with E-state index >= 15 is 0 Å². The summed E-state index contributed by atoms with van der Waals surface area (Å²) in [6, 6.07) is 5.83. The fraction of sp³-hybridized carbons (Fsp3) is 0.500. The van der Waals surface area contributed by atoms with Crippen molar-refractivity contribution in [2.24, 2.45) is 0 Å². The summed E-state index contributed by atoms with van der Waals surface area (Å²) >= 11 is 0. The Kier molecular flexibility index (Phi) is 5.54. The topological polar surface area (TPSA) is 40.5 Å². The number of rotatable bonds is 5. The van der Waals surface area contributed by atoms with E-state index in [1.54, 1.807) is 6.07 Å². The molecule has 1 N–H and O–H groups in total. The van der Waals surface area contributed by atoms with Crippen LogP contribution in [0.5, 0.6) is 0 Å². The number of hydrogen-bond acceptors (Lipinski definition) is 2. The molecule has 0 aliphatic rings. The number of halogens is 7. The first-order valence-electron chi connectivity index (χ1n) is 6.57. The van der Waals surface area contributed by atoms with Crippen molar-refractivity contribution >= 4 is 5.91 Å². The van der Waals surface area contributed by atoms with Gasteiger partial charge in [-0.1, -0.05) is 30.3 Å². The Morgan fingerprint density at radius 3 is 1.92 bits per heavy atom. The van der Waals surface area contributed by atoms with Crippen molar-refractivity contribution < 1.29 is 40.6 Å². The number of carbonyl (C=O) groups is 1. The molecule has 0 spiro atoms. The Labute approximate surface area is 132 Å². The van der Waals surface area contributed by atoms with Gasteiger partial charge in [-0.2, -0.15) is 30.7 Å². The van der Waals surface area contributed by atoms with E-state index in [1.165, 1.54) is 24.3 Å². The van der Waals surface area contributed by atoms with E-state index in [2.05, 4.69) is 0 Å². The van der Waals surface area contributed by atoms with Gasteiger partial charge in [0.1, 0.15) is 0 Å². The number of nitrogens with zero attached hydrogens (tertiary/aromatic N) is 1. The first-order valence-corrected chi connectivity index (χ1v) is 6.57. The van der Waals surface area contributed by atoms with Gasteiger partial charge in [-0.25, -0.2) is 0 Å². The molecule has 0 aromatic heterocycles. The van der Waals surface area contributed by atoms with E-state index in [1.807, 2.05) is 0 Å². The Morgan fingerprint density at radius 1 is 1.04 bits per heavy atom. The maximum atomic E-state index is 13.4. The molecular formula is C14H14F7NO2. The van der Waals surface area contributed by atoms with Gasteiger partial charge in [-0.3, -0.25) is 4.79 Å². The minimum Gasteiger partial charge on any atom is -0.386 e. The smallest absolute Gasteiger partial charge is 0.386 e. The summed E-state index contributed by atoms with van der Waals surface area (Å²) in [6.07, 6.45) is -8.16. The van der Waals surface area contributed by atoms with Gasteiger partial charge in [-0.05, 0) is 12.5 Å². The molecule has 0 saturated carbocycles. The van der Waals surface area contributed by atoms with Crippen molar-refractivity contribution in [3.8, 4) is 0 Å². The largest absolute Gasteiger partial charge is 0.460 e. The van der Waals surface area contributed by atoms with Crippen LogP contribution in [0.15, 0.2) is 30.3 Å². The van der Waals surface area contributed by atoms with Crippen molar-refractivity contribution in [3.05, 3.63) is 35.9 Å². The summed E-state index contributed by atoms with van der Waals surface area (Å²) in [5.41, 5.74) is 0.176. The molecule has 24 heavy (non-hydrogen) atoms. The van der Waals surface area contributed by atoms with Crippen molar-refractivity contribution in [1.82, 2.24) is 4.90 Å². The minimum absolute atomic E-state index is 0.0304. The second-order valence-electron chi connectivity index (χ2n) is 5.16. The maximum absolute atomic E-state index is 13.4. The lowest BCUT2D eigenvalue weighted by molar-refractivity contribution is -0.346. The molecule has 0 heterocycles. The average molecular weight is 361 g/mol. The molecule has 0 fully saturated rings. The summed E-state index contributed by atoms with van der Waals surface area (Å²) in [5, 5.41) is 9.99. The highest BCUT2D eigenvalue weighted by molar-refractivity contribution is 5.85. The minimum atomic E-state index is -6.60. The molecule has 1 aromatic rings. The highest BCUT2D eigenvalue weighted by Gasteiger charge is 2.76. The van der Waals surface area contributed by atoms with E-state index in [0.717, 1.165) is 6.92 Å². The molecule has 2 atom stereocenters. The monoisotopic (exact) mass is 361 g/mol. The number of alkyl halides is 7. The number of likely N-dealkylation sites (N-methyl/N-ethyl adjacent to an activating group) is 1. The summed E-state index contributed by atoms with van der Waals surface area (Å²) in [5.74, 6) is -15.3. The normalized spacial score (nSPS) is 15.8. The highest BCUT2D eigenvalue weighted by Crippen LogP contribution is 2.47. The molecule has 0 saturated heterocycles. The average Bonchev–Trinajstić information content (AvgIpc) is 2.51. The van der Waals surface area contributed by atoms with Crippen molar-refractivity contribution in [2.75, 3.05) is 7.05 Å². The summed E-state index contributed by atoms with van der Waals surface area (Å²) in [7, 11) is 0.611. The van der Waals surface area contributed by atoms with Crippen molar-refractivity contribution in [3.63, 3.8) is 0 Å². The van der Waals surface area contributed by atoms with Crippen molar-refractivity contribution in [1.29, 1.82) is 0 Å². The molecular weight excluding hydrogens is 347 g/mol. The summed E-state index contributed by atoms with van der Waals surface area (Å²) in [4.78, 5) is 11.5. The SMILES string of the molecule is CC(C(O)c1ccccc1)N(C)C(=O)C(F)(F)C(F)(F)C(F)(F)F. The number of aliphatic hydroxyl groups is 1. The van der Waals surface area contributed by atoms with Gasteiger partial charge in [0.2, 0.25) is 0 Å². The summed E-state index contributed by atoms with van der Waals surface area (Å²) < 4.78 is 89.1. The molecule has 10 heteroatoms. The molecule has 0 aliphatic carbocycles. The van der Waals surface area contributed by atoms with Gasteiger partial charge >= 0.3 is 18.0 Å². The third kappa shape index (κ3) is 3.47. The number of carbonyl (C=O) groups excluding carboxylic acids is 1. The Morgan fingerprint density at radius 2 is 1.50 bits per heavy atom. The zero-order valence-corrected chi connectivity index (χ0v) is 12.5. The van der Waals surface area contributed by atoms with E-state index in [0.29, 0.717) is 7.05 Å². The van der Waals surface area contributed by atoms with E-state index in [-0.39, 0.29) is 10.5 Å². The van der Waals surface area contributed by atoms with Crippen LogP contribution in [0.4, 0.5) is 30.7 Å². The van der Waals surface area contributed by atoms with Crippen LogP contribution in [0.3, 0.4) is 0 Å². The van der Waals surface area contributed by atoms with E-state index in [9.17, 15) is 40.6 Å². The molecule has 0 bridgehead atoms. The number of amides is 1. The zero-order chi connectivity index (χ0) is 18.9. The van der Waals surface area contributed by atoms with Crippen LogP contribution in [-0.4, -0.2) is 47.0 Å². The number of benzene rings is 1. The van der Waals surface area contributed by atoms with Gasteiger partial charge in [0.25, 0.3) is 5.91 Å². The highest BCUT2D eigenvalue weighted by atomic mass is 19.4. The van der Waals surface area contributed by atoms with Crippen molar-refractivity contribution in [2.45, 2.75) is 37.1 Å². The lowest BCUT2D eigenvalue weighted by Gasteiger charge is -2.34. The molecule has 1 amide bonds. The van der Waals surface area contributed by atoms with Crippen LogP contribution in [0.1, 0.15) is 18.6 Å². The van der Waals surface area contributed by atoms with Crippen LogP contribution in [0.2, 0.25) is 0 Å². The predicted octanol–water partition coefficient (Wildman–Crippen LogP) is 3.40. The summed E-state index contributed by atoms with van der Waals surface area (Å²) in [6.45, 7) is 1.04. The quantitative estimate of drug-likeness (QED) is 0.817. The lowest BCUT2D eigenvalue weighted by Crippen LogP contribution is -2.61. The van der Waals surface area contributed by atoms with Crippen LogP contribution in [-0.2, 0) is 4.79 Å². The molecule has 1 aromatic carbocycles. The van der Waals surface area contributed by atoms with E-state index in [4.69, 9.17) is 0 Å². The van der Waals surface area contributed by atoms with Crippen LogP contribution in [0, 0.1) is 0 Å². The van der Waals surface area contributed by atoms with Gasteiger partial charge in [0, 0.05) is 7.05 Å².